The van der Waals surface area contributed by atoms with Crippen LogP contribution in [-0.4, -0.2) is 18.4 Å². The molecule has 0 saturated carbocycles. The average molecular weight is 324 g/mol. The van der Waals surface area contributed by atoms with E-state index in [2.05, 4.69) is 9.97 Å². The lowest BCUT2D eigenvalue weighted by atomic mass is 10.2. The molecule has 0 radical (unpaired) electrons. The zero-order chi connectivity index (χ0) is 15.8. The van der Waals surface area contributed by atoms with Crippen molar-refractivity contribution in [3.05, 3.63) is 35.2 Å². The molecule has 1 aromatic heterocycles. The molecular weight excluding hydrogens is 308 g/mol. The van der Waals surface area contributed by atoms with Gasteiger partial charge in [0.15, 0.2) is 5.16 Å². The topological polar surface area (TPSA) is 112 Å². The number of anilines is 1. The summed E-state index contributed by atoms with van der Waals surface area (Å²) < 4.78 is 22.5. The molecule has 0 atom stereocenters. The van der Waals surface area contributed by atoms with Gasteiger partial charge in [0, 0.05) is 22.0 Å². The molecule has 0 amide bonds. The van der Waals surface area contributed by atoms with Crippen LogP contribution in [0, 0.1) is 20.8 Å². The number of nitrogens with zero attached hydrogens (tertiary/aromatic N) is 2. The lowest BCUT2D eigenvalue weighted by Crippen LogP contribution is -2.12. The Balaban J connectivity index is 2.37. The average Bonchev–Trinajstić information content (AvgIpc) is 2.37. The zero-order valence-corrected chi connectivity index (χ0v) is 13.5. The number of sulfonamides is 1. The van der Waals surface area contributed by atoms with Gasteiger partial charge in [0.1, 0.15) is 0 Å². The Morgan fingerprint density at radius 1 is 1.10 bits per heavy atom. The Hall–Kier alpha value is -1.64. The molecule has 0 fully saturated rings. The summed E-state index contributed by atoms with van der Waals surface area (Å²) in [6.45, 7) is 5.80. The Bertz CT molecular complexity index is 781. The van der Waals surface area contributed by atoms with Crippen LogP contribution in [0.2, 0.25) is 0 Å². The van der Waals surface area contributed by atoms with Crippen molar-refractivity contribution >= 4 is 27.5 Å². The number of rotatable bonds is 3. The van der Waals surface area contributed by atoms with E-state index in [9.17, 15) is 8.42 Å². The van der Waals surface area contributed by atoms with Crippen LogP contribution in [0.4, 0.5) is 5.69 Å². The van der Waals surface area contributed by atoms with E-state index in [1.54, 1.807) is 6.07 Å². The standard InChI is InChI=1S/C13H16N4O2S2/c1-7-8(2)16-13(17-9(7)3)20-12-5-4-10(6-11(12)14)21(15,18)19/h4-6H,14H2,1-3H3,(H2,15,18,19). The summed E-state index contributed by atoms with van der Waals surface area (Å²) in [4.78, 5) is 9.46. The summed E-state index contributed by atoms with van der Waals surface area (Å²) in [5.41, 5.74) is 9.07. The number of hydrogen-bond donors (Lipinski definition) is 2. The van der Waals surface area contributed by atoms with Crippen LogP contribution in [0.3, 0.4) is 0 Å². The summed E-state index contributed by atoms with van der Waals surface area (Å²) in [6, 6.07) is 4.36. The largest absolute Gasteiger partial charge is 0.398 e. The lowest BCUT2D eigenvalue weighted by molar-refractivity contribution is 0.598. The quantitative estimate of drug-likeness (QED) is 0.657. The number of nitrogens with two attached hydrogens (primary N) is 2. The van der Waals surface area contributed by atoms with Crippen molar-refractivity contribution in [2.45, 2.75) is 35.7 Å². The monoisotopic (exact) mass is 324 g/mol. The predicted molar refractivity (Wildman–Crippen MR) is 82.6 cm³/mol. The van der Waals surface area contributed by atoms with E-state index >= 15 is 0 Å². The van der Waals surface area contributed by atoms with Crippen LogP contribution in [0.25, 0.3) is 0 Å². The van der Waals surface area contributed by atoms with Gasteiger partial charge in [-0.3, -0.25) is 0 Å². The maximum absolute atomic E-state index is 11.3. The predicted octanol–water partition coefficient (Wildman–Crippen LogP) is 1.78. The van der Waals surface area contributed by atoms with Crippen molar-refractivity contribution in [1.29, 1.82) is 0 Å². The minimum Gasteiger partial charge on any atom is -0.398 e. The van der Waals surface area contributed by atoms with Gasteiger partial charge in [-0.25, -0.2) is 23.5 Å². The first-order valence-electron chi connectivity index (χ1n) is 6.10. The van der Waals surface area contributed by atoms with E-state index in [0.717, 1.165) is 17.0 Å². The molecule has 0 unspecified atom stereocenters. The van der Waals surface area contributed by atoms with E-state index in [-0.39, 0.29) is 4.90 Å². The molecule has 4 N–H and O–H groups in total. The first-order valence-corrected chi connectivity index (χ1v) is 8.47. The molecule has 0 aliphatic carbocycles. The summed E-state index contributed by atoms with van der Waals surface area (Å²) in [5, 5.41) is 5.64. The van der Waals surface area contributed by atoms with E-state index in [0.29, 0.717) is 15.7 Å². The van der Waals surface area contributed by atoms with Crippen LogP contribution in [-0.2, 0) is 10.0 Å². The van der Waals surface area contributed by atoms with Crippen LogP contribution >= 0.6 is 11.8 Å². The third-order valence-electron chi connectivity index (χ3n) is 3.12. The Morgan fingerprint density at radius 3 is 2.14 bits per heavy atom. The second-order valence-electron chi connectivity index (χ2n) is 4.65. The molecule has 0 spiro atoms. The van der Waals surface area contributed by atoms with E-state index in [4.69, 9.17) is 10.9 Å². The first-order chi connectivity index (χ1) is 9.68. The minimum absolute atomic E-state index is 0.0125. The number of hydrogen-bond acceptors (Lipinski definition) is 6. The molecule has 0 aliphatic heterocycles. The fourth-order valence-electron chi connectivity index (χ4n) is 1.68. The fourth-order valence-corrected chi connectivity index (χ4v) is 3.11. The van der Waals surface area contributed by atoms with Crippen LogP contribution in [0.5, 0.6) is 0 Å². The molecular formula is C13H16N4O2S2. The maximum atomic E-state index is 11.3. The number of aromatic nitrogens is 2. The summed E-state index contributed by atoms with van der Waals surface area (Å²) in [5.74, 6) is 0. The molecule has 0 saturated heterocycles. The first kappa shape index (κ1) is 15.7. The van der Waals surface area contributed by atoms with E-state index < -0.39 is 10.0 Å². The van der Waals surface area contributed by atoms with E-state index in [1.807, 2.05) is 20.8 Å². The highest BCUT2D eigenvalue weighted by atomic mass is 32.2. The fraction of sp³-hybridized carbons (Fsp3) is 0.231. The van der Waals surface area contributed by atoms with Gasteiger partial charge in [-0.15, -0.1) is 0 Å². The number of nitrogen functional groups attached to an aromatic ring is 1. The van der Waals surface area contributed by atoms with E-state index in [1.165, 1.54) is 23.9 Å². The van der Waals surface area contributed by atoms with Gasteiger partial charge in [0.2, 0.25) is 10.0 Å². The smallest absolute Gasteiger partial charge is 0.238 e. The van der Waals surface area contributed by atoms with Crippen LogP contribution in [0.1, 0.15) is 17.0 Å². The molecule has 21 heavy (non-hydrogen) atoms. The highest BCUT2D eigenvalue weighted by Crippen LogP contribution is 2.31. The van der Waals surface area contributed by atoms with Crippen LogP contribution < -0.4 is 10.9 Å². The highest BCUT2D eigenvalue weighted by Gasteiger charge is 2.12. The molecule has 1 aromatic carbocycles. The van der Waals surface area contributed by atoms with Gasteiger partial charge in [-0.1, -0.05) is 0 Å². The maximum Gasteiger partial charge on any atom is 0.238 e. The van der Waals surface area contributed by atoms with Gasteiger partial charge < -0.3 is 5.73 Å². The normalized spacial score (nSPS) is 11.6. The molecule has 0 aliphatic rings. The molecule has 1 heterocycles. The van der Waals surface area contributed by atoms with Crippen molar-refractivity contribution < 1.29 is 8.42 Å². The Labute approximate surface area is 128 Å². The highest BCUT2D eigenvalue weighted by molar-refractivity contribution is 7.99. The second-order valence-corrected chi connectivity index (χ2v) is 7.22. The van der Waals surface area contributed by atoms with Crippen molar-refractivity contribution in [3.63, 3.8) is 0 Å². The number of aryl methyl sites for hydroxylation is 2. The summed E-state index contributed by atoms with van der Waals surface area (Å²) in [6.07, 6.45) is 0. The second kappa shape index (κ2) is 5.63. The van der Waals surface area contributed by atoms with Gasteiger partial charge in [-0.05, 0) is 56.3 Å². The Morgan fingerprint density at radius 2 is 1.67 bits per heavy atom. The molecule has 112 valence electrons. The molecule has 0 bridgehead atoms. The van der Waals surface area contributed by atoms with Gasteiger partial charge >= 0.3 is 0 Å². The van der Waals surface area contributed by atoms with Crippen molar-refractivity contribution in [2.75, 3.05) is 5.73 Å². The van der Waals surface area contributed by atoms with Gasteiger partial charge in [0.05, 0.1) is 4.90 Å². The molecule has 8 heteroatoms. The number of benzene rings is 1. The van der Waals surface area contributed by atoms with Gasteiger partial charge in [0.25, 0.3) is 0 Å². The zero-order valence-electron chi connectivity index (χ0n) is 11.9. The SMILES string of the molecule is Cc1nc(Sc2ccc(S(N)(=O)=O)cc2N)nc(C)c1C. The molecule has 2 rings (SSSR count). The van der Waals surface area contributed by atoms with Crippen molar-refractivity contribution in [1.82, 2.24) is 9.97 Å². The third kappa shape index (κ3) is 3.52. The lowest BCUT2D eigenvalue weighted by Gasteiger charge is -2.09. The Kier molecular flexibility index (Phi) is 4.22. The number of primary sulfonamides is 1. The van der Waals surface area contributed by atoms with Crippen LogP contribution in [0.15, 0.2) is 33.1 Å². The minimum atomic E-state index is -3.75. The summed E-state index contributed by atoms with van der Waals surface area (Å²) in [7, 11) is -3.75. The van der Waals surface area contributed by atoms with Gasteiger partial charge in [-0.2, -0.15) is 0 Å². The van der Waals surface area contributed by atoms with Crippen molar-refractivity contribution in [3.8, 4) is 0 Å². The summed E-state index contributed by atoms with van der Waals surface area (Å²) >= 11 is 1.29. The molecule has 2 aromatic rings. The third-order valence-corrected chi connectivity index (χ3v) is 4.99. The molecule has 6 nitrogen and oxygen atoms in total. The van der Waals surface area contributed by atoms with Crippen molar-refractivity contribution in [2.24, 2.45) is 5.14 Å².